The minimum Gasteiger partial charge on any atom is -0.242 e. The van der Waals surface area contributed by atoms with Crippen molar-refractivity contribution in [2.24, 2.45) is 0 Å². The highest BCUT2D eigenvalue weighted by atomic mass is 19.4. The van der Waals surface area contributed by atoms with Crippen molar-refractivity contribution in [2.45, 2.75) is 24.9 Å². The maximum absolute atomic E-state index is 12.8. The molecule has 1 fully saturated rings. The summed E-state index contributed by atoms with van der Waals surface area (Å²) in [4.78, 5) is 0. The monoisotopic (exact) mass is 253 g/mol. The third-order valence-corrected chi connectivity index (χ3v) is 3.21. The molecule has 18 heavy (non-hydrogen) atoms. The van der Waals surface area contributed by atoms with Gasteiger partial charge in [-0.3, -0.25) is 0 Å². The number of rotatable bonds is 1. The fourth-order valence-electron chi connectivity index (χ4n) is 2.23. The smallest absolute Gasteiger partial charge is 0.242 e. The van der Waals surface area contributed by atoms with Gasteiger partial charge in [0.1, 0.15) is 0 Å². The molecule has 1 heterocycles. The van der Waals surface area contributed by atoms with Crippen molar-refractivity contribution in [1.82, 2.24) is 5.32 Å². The molecule has 0 amide bonds. The van der Waals surface area contributed by atoms with Crippen LogP contribution < -0.4 is 5.32 Å². The molecule has 0 spiro atoms. The van der Waals surface area contributed by atoms with E-state index >= 15 is 0 Å². The van der Waals surface area contributed by atoms with Crippen LogP contribution in [0.2, 0.25) is 0 Å². The number of nitriles is 1. The molecular formula is C13H12F3N2. The Morgan fingerprint density at radius 1 is 1.22 bits per heavy atom. The fourth-order valence-corrected chi connectivity index (χ4v) is 2.23. The van der Waals surface area contributed by atoms with Crippen LogP contribution >= 0.6 is 0 Å². The minimum absolute atomic E-state index is 0.122. The summed E-state index contributed by atoms with van der Waals surface area (Å²) >= 11 is 0. The van der Waals surface area contributed by atoms with Crippen molar-refractivity contribution in [3.8, 4) is 6.07 Å². The summed E-state index contributed by atoms with van der Waals surface area (Å²) in [6, 6.07) is 5.61. The molecule has 5 heteroatoms. The molecule has 0 unspecified atom stereocenters. The molecule has 0 aromatic heterocycles. The summed E-state index contributed by atoms with van der Waals surface area (Å²) in [7, 11) is 0. The fraction of sp³-hybridized carbons (Fsp3) is 0.462. The van der Waals surface area contributed by atoms with E-state index in [1.807, 2.05) is 0 Å². The molecule has 95 valence electrons. The predicted octanol–water partition coefficient (Wildman–Crippen LogP) is 3.06. The van der Waals surface area contributed by atoms with E-state index in [4.69, 9.17) is 5.26 Å². The number of halogens is 3. The molecule has 1 aliphatic heterocycles. The molecule has 1 aromatic carbocycles. The van der Waals surface area contributed by atoms with E-state index in [0.717, 1.165) is 18.9 Å². The summed E-state index contributed by atoms with van der Waals surface area (Å²) in [6.45, 7) is 1.40. The quantitative estimate of drug-likeness (QED) is 0.758. The zero-order valence-corrected chi connectivity index (χ0v) is 9.67. The summed E-state index contributed by atoms with van der Waals surface area (Å²) in [5.74, 6) is 0.122. The van der Waals surface area contributed by atoms with Gasteiger partial charge in [0.15, 0.2) is 0 Å². The second-order valence-corrected chi connectivity index (χ2v) is 4.36. The Labute approximate surface area is 103 Å². The Morgan fingerprint density at radius 2 is 1.89 bits per heavy atom. The highest BCUT2D eigenvalue weighted by molar-refractivity contribution is 5.43. The highest BCUT2D eigenvalue weighted by Gasteiger charge is 2.34. The topological polar surface area (TPSA) is 37.9 Å². The average Bonchev–Trinajstić information content (AvgIpc) is 2.38. The van der Waals surface area contributed by atoms with Crippen molar-refractivity contribution in [3.05, 3.63) is 34.9 Å². The van der Waals surface area contributed by atoms with Crippen LogP contribution in [-0.2, 0) is 6.18 Å². The van der Waals surface area contributed by atoms with Gasteiger partial charge in [0, 0.05) is 13.1 Å². The van der Waals surface area contributed by atoms with Crippen LogP contribution in [0, 0.1) is 11.3 Å². The van der Waals surface area contributed by atoms with Gasteiger partial charge in [0.05, 0.1) is 17.2 Å². The van der Waals surface area contributed by atoms with E-state index < -0.39 is 11.7 Å². The molecule has 0 bridgehead atoms. The molecule has 1 aromatic rings. The Morgan fingerprint density at radius 3 is 2.44 bits per heavy atom. The van der Waals surface area contributed by atoms with E-state index in [0.29, 0.717) is 18.7 Å². The highest BCUT2D eigenvalue weighted by Crippen LogP contribution is 2.35. The zero-order chi connectivity index (χ0) is 13.2. The van der Waals surface area contributed by atoms with Crippen molar-refractivity contribution >= 4 is 0 Å². The van der Waals surface area contributed by atoms with Gasteiger partial charge in [-0.2, -0.15) is 18.4 Å². The van der Waals surface area contributed by atoms with Crippen molar-refractivity contribution < 1.29 is 13.2 Å². The van der Waals surface area contributed by atoms with Gasteiger partial charge < -0.3 is 0 Å². The summed E-state index contributed by atoms with van der Waals surface area (Å²) < 4.78 is 38.4. The average molecular weight is 253 g/mol. The molecule has 2 nitrogen and oxygen atoms in total. The molecule has 0 atom stereocenters. The maximum atomic E-state index is 12.8. The Bertz CT molecular complexity index is 468. The lowest BCUT2D eigenvalue weighted by atomic mass is 9.88. The van der Waals surface area contributed by atoms with Crippen LogP contribution in [0.25, 0.3) is 0 Å². The van der Waals surface area contributed by atoms with Gasteiger partial charge in [-0.05, 0) is 36.5 Å². The van der Waals surface area contributed by atoms with Gasteiger partial charge >= 0.3 is 6.18 Å². The van der Waals surface area contributed by atoms with Gasteiger partial charge in [0.25, 0.3) is 0 Å². The standard InChI is InChI=1S/C13H12F3N2/c14-13(15,16)12-7-10(1-2-11(12)8-17)9-3-5-18-6-4-9/h1-2,7,9H,3-6H2. The van der Waals surface area contributed by atoms with Crippen LogP contribution in [0.5, 0.6) is 0 Å². The van der Waals surface area contributed by atoms with Crippen LogP contribution in [0.15, 0.2) is 18.2 Å². The molecular weight excluding hydrogens is 241 g/mol. The largest absolute Gasteiger partial charge is 0.417 e. The molecule has 1 aliphatic rings. The van der Waals surface area contributed by atoms with Crippen molar-refractivity contribution in [2.75, 3.05) is 13.1 Å². The third kappa shape index (κ3) is 2.65. The molecule has 1 saturated heterocycles. The lowest BCUT2D eigenvalue weighted by Crippen LogP contribution is -2.21. The Balaban J connectivity index is 2.37. The lowest BCUT2D eigenvalue weighted by Gasteiger charge is -2.23. The molecule has 0 N–H and O–H groups in total. The number of alkyl halides is 3. The summed E-state index contributed by atoms with van der Waals surface area (Å²) in [5.41, 5.74) is -0.479. The predicted molar refractivity (Wildman–Crippen MR) is 60.0 cm³/mol. The van der Waals surface area contributed by atoms with Gasteiger partial charge in [-0.1, -0.05) is 6.07 Å². The van der Waals surface area contributed by atoms with E-state index in [1.54, 1.807) is 12.1 Å². The second-order valence-electron chi connectivity index (χ2n) is 4.36. The molecule has 2 rings (SSSR count). The molecule has 1 radical (unpaired) electrons. The number of benzene rings is 1. The second kappa shape index (κ2) is 4.99. The van der Waals surface area contributed by atoms with Crippen LogP contribution in [-0.4, -0.2) is 13.1 Å². The Kier molecular flexibility index (Phi) is 3.58. The van der Waals surface area contributed by atoms with Gasteiger partial charge in [0.2, 0.25) is 0 Å². The molecule has 0 aliphatic carbocycles. The van der Waals surface area contributed by atoms with E-state index in [-0.39, 0.29) is 11.5 Å². The maximum Gasteiger partial charge on any atom is 0.417 e. The normalized spacial score (nSPS) is 17.4. The number of hydrogen-bond donors (Lipinski definition) is 0. The third-order valence-electron chi connectivity index (χ3n) is 3.21. The van der Waals surface area contributed by atoms with Crippen molar-refractivity contribution in [1.29, 1.82) is 5.26 Å². The summed E-state index contributed by atoms with van der Waals surface area (Å²) in [6.07, 6.45) is -2.91. The summed E-state index contributed by atoms with van der Waals surface area (Å²) in [5, 5.41) is 12.9. The van der Waals surface area contributed by atoms with Crippen LogP contribution in [0.4, 0.5) is 13.2 Å². The number of nitrogens with zero attached hydrogens (tertiary/aromatic N) is 2. The SMILES string of the molecule is N#Cc1ccc(C2CC[N]CC2)cc1C(F)(F)F. The lowest BCUT2D eigenvalue weighted by molar-refractivity contribution is -0.137. The van der Waals surface area contributed by atoms with Crippen molar-refractivity contribution in [3.63, 3.8) is 0 Å². The Hall–Kier alpha value is -1.54. The first-order valence-electron chi connectivity index (χ1n) is 5.77. The van der Waals surface area contributed by atoms with Gasteiger partial charge in [-0.15, -0.1) is 0 Å². The molecule has 0 saturated carbocycles. The van der Waals surface area contributed by atoms with E-state index in [9.17, 15) is 13.2 Å². The first-order valence-corrected chi connectivity index (χ1v) is 5.77. The number of hydrogen-bond acceptors (Lipinski definition) is 1. The van der Waals surface area contributed by atoms with Crippen LogP contribution in [0.3, 0.4) is 0 Å². The van der Waals surface area contributed by atoms with E-state index in [2.05, 4.69) is 5.32 Å². The zero-order valence-electron chi connectivity index (χ0n) is 9.67. The minimum atomic E-state index is -4.47. The van der Waals surface area contributed by atoms with Crippen LogP contribution in [0.1, 0.15) is 35.4 Å². The first kappa shape index (κ1) is 12.9. The number of piperidine rings is 1. The first-order chi connectivity index (χ1) is 8.52. The van der Waals surface area contributed by atoms with Gasteiger partial charge in [-0.25, -0.2) is 5.32 Å². The van der Waals surface area contributed by atoms with E-state index in [1.165, 1.54) is 6.07 Å².